The lowest BCUT2D eigenvalue weighted by Gasteiger charge is -2.29. The van der Waals surface area contributed by atoms with Gasteiger partial charge in [0.1, 0.15) is 19.3 Å². The number of rotatable bonds is 7. The van der Waals surface area contributed by atoms with Crippen LogP contribution in [0, 0.1) is 0 Å². The van der Waals surface area contributed by atoms with Crippen LogP contribution in [0.5, 0.6) is 11.5 Å². The highest BCUT2D eigenvalue weighted by atomic mass is 19.4. The van der Waals surface area contributed by atoms with Gasteiger partial charge in [-0.3, -0.25) is 4.79 Å². The molecule has 2 aliphatic rings. The summed E-state index contributed by atoms with van der Waals surface area (Å²) in [5, 5.41) is 14.0. The van der Waals surface area contributed by atoms with Gasteiger partial charge in [0.05, 0.1) is 18.0 Å². The molecular weight excluding hydrogens is 437 g/mol. The van der Waals surface area contributed by atoms with Crippen molar-refractivity contribution in [1.82, 2.24) is 10.2 Å². The fraction of sp³-hybridized carbons (Fsp3) is 0.458. The third-order valence-corrected chi connectivity index (χ3v) is 5.93. The molecule has 33 heavy (non-hydrogen) atoms. The summed E-state index contributed by atoms with van der Waals surface area (Å²) in [5.41, 5.74) is 0.306. The van der Waals surface area contributed by atoms with Gasteiger partial charge in [-0.15, -0.1) is 0 Å². The number of carbonyl (C=O) groups is 1. The van der Waals surface area contributed by atoms with E-state index >= 15 is 0 Å². The number of aliphatic hydroxyl groups is 1. The highest BCUT2D eigenvalue weighted by Gasteiger charge is 2.30. The smallest absolute Gasteiger partial charge is 0.416 e. The summed E-state index contributed by atoms with van der Waals surface area (Å²) >= 11 is 0. The topological polar surface area (TPSA) is 71.0 Å². The molecular formula is C24H27F3N2O4. The molecule has 2 N–H and O–H groups in total. The van der Waals surface area contributed by atoms with Crippen molar-refractivity contribution >= 4 is 5.91 Å². The Bertz CT molecular complexity index is 959. The van der Waals surface area contributed by atoms with Gasteiger partial charge >= 0.3 is 6.18 Å². The number of likely N-dealkylation sites (tertiary alicyclic amines) is 1. The van der Waals surface area contributed by atoms with Crippen molar-refractivity contribution in [3.05, 3.63) is 59.2 Å². The minimum atomic E-state index is -4.42. The molecule has 0 radical (unpaired) electrons. The number of ether oxygens (including phenoxy) is 2. The summed E-state index contributed by atoms with van der Waals surface area (Å²) < 4.78 is 49.5. The van der Waals surface area contributed by atoms with Gasteiger partial charge in [-0.1, -0.05) is 18.2 Å². The second-order valence-electron chi connectivity index (χ2n) is 8.40. The predicted octanol–water partition coefficient (Wildman–Crippen LogP) is 3.33. The Morgan fingerprint density at radius 1 is 1.03 bits per heavy atom. The first-order valence-electron chi connectivity index (χ1n) is 11.0. The molecule has 0 aromatic heterocycles. The van der Waals surface area contributed by atoms with Crippen LogP contribution in [0.2, 0.25) is 0 Å². The van der Waals surface area contributed by atoms with Gasteiger partial charge < -0.3 is 24.8 Å². The van der Waals surface area contributed by atoms with Crippen LogP contribution in [0.3, 0.4) is 0 Å². The number of hydrogen-bond donors (Lipinski definition) is 2. The Labute approximate surface area is 190 Å². The molecule has 2 heterocycles. The van der Waals surface area contributed by atoms with Gasteiger partial charge in [-0.05, 0) is 61.3 Å². The third kappa shape index (κ3) is 5.97. The highest BCUT2D eigenvalue weighted by Crippen LogP contribution is 2.34. The van der Waals surface area contributed by atoms with Crippen LogP contribution in [0.15, 0.2) is 42.5 Å². The number of nitrogens with one attached hydrogen (secondary N) is 1. The van der Waals surface area contributed by atoms with E-state index in [1.807, 2.05) is 0 Å². The molecule has 2 atom stereocenters. The van der Waals surface area contributed by atoms with E-state index in [1.54, 1.807) is 18.2 Å². The van der Waals surface area contributed by atoms with Crippen molar-refractivity contribution in [3.8, 4) is 11.5 Å². The molecule has 9 heteroatoms. The Balaban J connectivity index is 1.46. The lowest BCUT2D eigenvalue weighted by atomic mass is 10.00. The molecule has 1 saturated heterocycles. The number of halogens is 3. The number of nitrogens with zero attached hydrogens (tertiary/aromatic N) is 1. The molecule has 2 unspecified atom stereocenters. The van der Waals surface area contributed by atoms with Crippen molar-refractivity contribution in [2.24, 2.45) is 0 Å². The number of aliphatic hydroxyl groups excluding tert-OH is 1. The summed E-state index contributed by atoms with van der Waals surface area (Å²) in [4.78, 5) is 14.9. The summed E-state index contributed by atoms with van der Waals surface area (Å²) in [6, 6.07) is 9.15. The summed E-state index contributed by atoms with van der Waals surface area (Å²) in [6.45, 7) is 3.13. The minimum Gasteiger partial charge on any atom is -0.486 e. The summed E-state index contributed by atoms with van der Waals surface area (Å²) in [7, 11) is 0. The molecule has 0 bridgehead atoms. The zero-order valence-corrected chi connectivity index (χ0v) is 18.1. The molecule has 2 aromatic rings. The molecule has 2 aliphatic heterocycles. The molecule has 2 aromatic carbocycles. The first kappa shape index (κ1) is 23.4. The molecule has 178 valence electrons. The van der Waals surface area contributed by atoms with Crippen LogP contribution in [-0.4, -0.2) is 54.8 Å². The van der Waals surface area contributed by atoms with Crippen LogP contribution in [0.4, 0.5) is 13.2 Å². The van der Waals surface area contributed by atoms with E-state index in [4.69, 9.17) is 9.47 Å². The largest absolute Gasteiger partial charge is 0.486 e. The Morgan fingerprint density at radius 3 is 2.36 bits per heavy atom. The number of benzene rings is 2. The maximum Gasteiger partial charge on any atom is 0.416 e. The Kier molecular flexibility index (Phi) is 7.09. The number of alkyl halides is 3. The molecule has 1 fully saturated rings. The van der Waals surface area contributed by atoms with Gasteiger partial charge in [0, 0.05) is 6.54 Å². The maximum atomic E-state index is 12.8. The van der Waals surface area contributed by atoms with E-state index in [1.165, 1.54) is 12.1 Å². The van der Waals surface area contributed by atoms with Crippen LogP contribution < -0.4 is 14.8 Å². The molecule has 0 aliphatic carbocycles. The zero-order valence-electron chi connectivity index (χ0n) is 18.1. The average Bonchev–Trinajstić information content (AvgIpc) is 3.31. The average molecular weight is 464 g/mol. The van der Waals surface area contributed by atoms with Crippen molar-refractivity contribution in [2.45, 2.75) is 37.6 Å². The van der Waals surface area contributed by atoms with E-state index in [0.29, 0.717) is 42.4 Å². The molecule has 1 amide bonds. The molecule has 4 rings (SSSR count). The molecule has 0 saturated carbocycles. The Morgan fingerprint density at radius 2 is 1.70 bits per heavy atom. The highest BCUT2D eigenvalue weighted by molar-refractivity contribution is 5.79. The normalized spacial score (nSPS) is 18.1. The zero-order chi connectivity index (χ0) is 23.4. The van der Waals surface area contributed by atoms with Gasteiger partial charge in [0.15, 0.2) is 11.5 Å². The lowest BCUT2D eigenvalue weighted by molar-refractivity contribution is -0.137. The quantitative estimate of drug-likeness (QED) is 0.658. The van der Waals surface area contributed by atoms with Crippen LogP contribution in [0.1, 0.15) is 35.6 Å². The van der Waals surface area contributed by atoms with Crippen molar-refractivity contribution in [3.63, 3.8) is 0 Å². The first-order chi connectivity index (χ1) is 15.8. The van der Waals surface area contributed by atoms with Crippen molar-refractivity contribution in [2.75, 3.05) is 32.8 Å². The number of amides is 1. The van der Waals surface area contributed by atoms with Crippen molar-refractivity contribution < 1.29 is 32.5 Å². The second kappa shape index (κ2) is 10.0. The van der Waals surface area contributed by atoms with Crippen LogP contribution >= 0.6 is 0 Å². The number of hydrogen-bond acceptors (Lipinski definition) is 5. The maximum absolute atomic E-state index is 12.8. The van der Waals surface area contributed by atoms with E-state index < -0.39 is 23.9 Å². The van der Waals surface area contributed by atoms with E-state index in [9.17, 15) is 23.1 Å². The second-order valence-corrected chi connectivity index (χ2v) is 8.40. The molecule has 6 nitrogen and oxygen atoms in total. The van der Waals surface area contributed by atoms with Gasteiger partial charge in [-0.2, -0.15) is 13.2 Å². The molecule has 0 spiro atoms. The fourth-order valence-corrected chi connectivity index (χ4v) is 4.20. The number of carbonyl (C=O) groups excluding carboxylic acids is 1. The van der Waals surface area contributed by atoms with Gasteiger partial charge in [0.2, 0.25) is 5.91 Å². The van der Waals surface area contributed by atoms with E-state index in [2.05, 4.69) is 10.2 Å². The predicted molar refractivity (Wildman–Crippen MR) is 115 cm³/mol. The number of fused-ring (bicyclic) bond motifs is 1. The van der Waals surface area contributed by atoms with E-state index in [0.717, 1.165) is 38.1 Å². The fourth-order valence-electron chi connectivity index (χ4n) is 4.20. The van der Waals surface area contributed by atoms with Gasteiger partial charge in [-0.25, -0.2) is 0 Å². The summed E-state index contributed by atoms with van der Waals surface area (Å²) in [5.74, 6) is 0.795. The van der Waals surface area contributed by atoms with Crippen molar-refractivity contribution in [1.29, 1.82) is 0 Å². The minimum absolute atomic E-state index is 0.0809. The lowest BCUT2D eigenvalue weighted by Crippen LogP contribution is -2.47. The monoisotopic (exact) mass is 464 g/mol. The first-order valence-corrected chi connectivity index (χ1v) is 11.0. The SMILES string of the molecule is O=C(Cc1ccc(C(F)(F)F)cc1)NC(CN1CCCC1)C(O)c1ccc2c(c1)OCCO2. The third-order valence-electron chi connectivity index (χ3n) is 5.93. The van der Waals surface area contributed by atoms with E-state index in [-0.39, 0.29) is 12.3 Å². The standard InChI is InChI=1S/C24H27F3N2O4/c25-24(26,27)18-6-3-16(4-7-18)13-22(30)28-19(15-29-9-1-2-10-29)23(31)17-5-8-20-21(14-17)33-12-11-32-20/h3-8,14,19,23,31H,1-2,9-13,15H2,(H,28,30). The summed E-state index contributed by atoms with van der Waals surface area (Å²) in [6.07, 6.45) is -3.37. The van der Waals surface area contributed by atoms with Crippen LogP contribution in [0.25, 0.3) is 0 Å². The van der Waals surface area contributed by atoms with Crippen LogP contribution in [-0.2, 0) is 17.4 Å². The Hall–Kier alpha value is -2.78. The van der Waals surface area contributed by atoms with Gasteiger partial charge in [0.25, 0.3) is 0 Å².